The van der Waals surface area contributed by atoms with Crippen LogP contribution >= 0.6 is 11.8 Å². The van der Waals surface area contributed by atoms with Crippen molar-refractivity contribution in [3.63, 3.8) is 0 Å². The molecule has 1 amide bonds. The number of carbonyl (C=O) groups is 1. The molecule has 6 heteroatoms. The Balaban J connectivity index is 1.28. The predicted molar refractivity (Wildman–Crippen MR) is 147 cm³/mol. The zero-order valence-corrected chi connectivity index (χ0v) is 21.1. The molecule has 0 saturated carbocycles. The first kappa shape index (κ1) is 23.6. The number of thioether (sulfide) groups is 1. The number of nitrogens with zero attached hydrogens (tertiary/aromatic N) is 4. The number of para-hydroxylation sites is 2. The highest BCUT2D eigenvalue weighted by molar-refractivity contribution is 7.99. The van der Waals surface area contributed by atoms with Crippen molar-refractivity contribution in [2.24, 2.45) is 4.99 Å². The third-order valence-electron chi connectivity index (χ3n) is 6.58. The Kier molecular flexibility index (Phi) is 7.50. The van der Waals surface area contributed by atoms with E-state index in [0.717, 1.165) is 48.9 Å². The predicted octanol–water partition coefficient (Wildman–Crippen LogP) is 5.83. The molecule has 0 bridgehead atoms. The number of rotatable bonds is 8. The maximum Gasteiger partial charge on any atom is 0.278 e. The molecule has 0 aliphatic carbocycles. The lowest BCUT2D eigenvalue weighted by Gasteiger charge is -2.37. The lowest BCUT2D eigenvalue weighted by atomic mass is 10.1. The summed E-state index contributed by atoms with van der Waals surface area (Å²) in [6, 6.07) is 26.8. The van der Waals surface area contributed by atoms with Crippen LogP contribution in [0.25, 0.3) is 0 Å². The molecule has 2 aliphatic heterocycles. The second kappa shape index (κ2) is 11.1. The van der Waals surface area contributed by atoms with Gasteiger partial charge in [0, 0.05) is 42.3 Å². The van der Waals surface area contributed by atoms with Crippen molar-refractivity contribution >= 4 is 40.4 Å². The van der Waals surface area contributed by atoms with Crippen LogP contribution in [-0.4, -0.2) is 55.1 Å². The van der Waals surface area contributed by atoms with E-state index in [9.17, 15) is 4.79 Å². The Labute approximate surface area is 212 Å². The van der Waals surface area contributed by atoms with Crippen LogP contribution in [0.2, 0.25) is 0 Å². The minimum atomic E-state index is -0.0157. The van der Waals surface area contributed by atoms with Crippen LogP contribution in [-0.2, 0) is 4.79 Å². The van der Waals surface area contributed by atoms with Crippen molar-refractivity contribution in [2.45, 2.75) is 24.7 Å². The van der Waals surface area contributed by atoms with Gasteiger partial charge >= 0.3 is 0 Å². The molecule has 35 heavy (non-hydrogen) atoms. The molecule has 0 atom stereocenters. The summed E-state index contributed by atoms with van der Waals surface area (Å²) in [7, 11) is 0. The number of piperazine rings is 1. The molecule has 1 fully saturated rings. The van der Waals surface area contributed by atoms with Crippen molar-refractivity contribution in [1.82, 2.24) is 4.90 Å². The summed E-state index contributed by atoms with van der Waals surface area (Å²) in [5.41, 5.74) is 4.49. The van der Waals surface area contributed by atoms with Gasteiger partial charge in [0.15, 0.2) is 0 Å². The van der Waals surface area contributed by atoms with E-state index in [-0.39, 0.29) is 5.91 Å². The fraction of sp³-hybridized carbons (Fsp3) is 0.310. The van der Waals surface area contributed by atoms with Gasteiger partial charge in [0.2, 0.25) is 0 Å². The van der Waals surface area contributed by atoms with Crippen LogP contribution in [0.3, 0.4) is 0 Å². The van der Waals surface area contributed by atoms with Crippen LogP contribution in [0.5, 0.6) is 0 Å². The molecule has 2 heterocycles. The van der Waals surface area contributed by atoms with Gasteiger partial charge in [-0.2, -0.15) is 0 Å². The van der Waals surface area contributed by atoms with Crippen molar-refractivity contribution < 1.29 is 4.79 Å². The Hall–Kier alpha value is -3.09. The molecule has 0 aromatic heterocycles. The van der Waals surface area contributed by atoms with Gasteiger partial charge in [-0.3, -0.25) is 14.6 Å². The number of carbonyl (C=O) groups excluding carboxylic acids is 1. The number of hydrogen-bond donors (Lipinski definition) is 0. The monoisotopic (exact) mass is 484 g/mol. The van der Waals surface area contributed by atoms with Crippen LogP contribution in [0.15, 0.2) is 88.8 Å². The normalized spacial score (nSPS) is 17.3. The number of unbranched alkanes of at least 4 members (excludes halogenated alkanes) is 1. The number of hydrogen-bond acceptors (Lipinski definition) is 5. The lowest BCUT2D eigenvalue weighted by Crippen LogP contribution is -2.51. The standard InChI is InChI=1S/C29H32N4OS/c1-2-3-21-35-25-15-13-23(14-16-25)30-28-26-11-7-8-12-27(26)33(29(28)34)22-31-17-19-32(20-18-31)24-9-5-4-6-10-24/h4-16H,2-3,17-22H2,1H3. The summed E-state index contributed by atoms with van der Waals surface area (Å²) in [6.45, 7) is 6.55. The molecule has 1 saturated heterocycles. The van der Waals surface area contributed by atoms with Gasteiger partial charge in [0.1, 0.15) is 5.71 Å². The van der Waals surface area contributed by atoms with Crippen LogP contribution in [0.1, 0.15) is 25.3 Å². The van der Waals surface area contributed by atoms with E-state index in [1.165, 1.54) is 23.4 Å². The van der Waals surface area contributed by atoms with Gasteiger partial charge in [-0.15, -0.1) is 11.8 Å². The molecule has 180 valence electrons. The Morgan fingerprint density at radius 1 is 0.857 bits per heavy atom. The maximum absolute atomic E-state index is 13.5. The summed E-state index contributed by atoms with van der Waals surface area (Å²) in [5, 5.41) is 0. The summed E-state index contributed by atoms with van der Waals surface area (Å²) in [5.74, 6) is 1.11. The van der Waals surface area contributed by atoms with E-state index < -0.39 is 0 Å². The topological polar surface area (TPSA) is 39.2 Å². The number of aliphatic imine (C=N–C) groups is 1. The van der Waals surface area contributed by atoms with Crippen molar-refractivity contribution in [3.8, 4) is 0 Å². The SMILES string of the molecule is CCCCSc1ccc(N=C2C(=O)N(CN3CCN(c4ccccc4)CC3)c3ccccc32)cc1. The van der Waals surface area contributed by atoms with Gasteiger partial charge in [-0.05, 0) is 54.6 Å². The fourth-order valence-electron chi connectivity index (χ4n) is 4.58. The third kappa shape index (κ3) is 5.44. The molecular formula is C29H32N4OS. The summed E-state index contributed by atoms with van der Waals surface area (Å²) >= 11 is 1.87. The second-order valence-electron chi connectivity index (χ2n) is 8.99. The summed E-state index contributed by atoms with van der Waals surface area (Å²) < 4.78 is 0. The zero-order chi connectivity index (χ0) is 24.0. The molecule has 0 spiro atoms. The van der Waals surface area contributed by atoms with E-state index in [1.54, 1.807) is 0 Å². The average Bonchev–Trinajstić information content (AvgIpc) is 3.17. The molecule has 3 aromatic carbocycles. The van der Waals surface area contributed by atoms with Gasteiger partial charge in [0.05, 0.1) is 18.0 Å². The number of amides is 1. The van der Waals surface area contributed by atoms with Crippen LogP contribution in [0, 0.1) is 0 Å². The van der Waals surface area contributed by atoms with E-state index in [0.29, 0.717) is 12.4 Å². The van der Waals surface area contributed by atoms with Gasteiger partial charge < -0.3 is 4.90 Å². The Bertz CT molecular complexity index is 1170. The summed E-state index contributed by atoms with van der Waals surface area (Å²) in [6.07, 6.45) is 2.43. The van der Waals surface area contributed by atoms with Gasteiger partial charge in [-0.25, -0.2) is 4.99 Å². The van der Waals surface area contributed by atoms with Crippen LogP contribution in [0.4, 0.5) is 17.1 Å². The number of benzene rings is 3. The molecule has 2 aliphatic rings. The van der Waals surface area contributed by atoms with Crippen molar-refractivity contribution in [1.29, 1.82) is 0 Å². The fourth-order valence-corrected chi connectivity index (χ4v) is 5.57. The largest absolute Gasteiger partial charge is 0.369 e. The minimum absolute atomic E-state index is 0.0157. The maximum atomic E-state index is 13.5. The Morgan fingerprint density at radius 3 is 2.31 bits per heavy atom. The smallest absolute Gasteiger partial charge is 0.278 e. The molecule has 3 aromatic rings. The number of anilines is 2. The minimum Gasteiger partial charge on any atom is -0.369 e. The molecular weight excluding hydrogens is 452 g/mol. The van der Waals surface area contributed by atoms with Crippen molar-refractivity contribution in [2.75, 3.05) is 48.4 Å². The highest BCUT2D eigenvalue weighted by atomic mass is 32.2. The second-order valence-corrected chi connectivity index (χ2v) is 10.2. The number of fused-ring (bicyclic) bond motifs is 1. The first-order chi connectivity index (χ1) is 17.2. The molecule has 0 unspecified atom stereocenters. The zero-order valence-electron chi connectivity index (χ0n) is 20.3. The van der Waals surface area contributed by atoms with E-state index in [2.05, 4.69) is 59.2 Å². The highest BCUT2D eigenvalue weighted by Crippen LogP contribution is 2.32. The quantitative estimate of drug-likeness (QED) is 0.298. The first-order valence-corrected chi connectivity index (χ1v) is 13.5. The highest BCUT2D eigenvalue weighted by Gasteiger charge is 2.35. The van der Waals surface area contributed by atoms with E-state index in [4.69, 9.17) is 4.99 Å². The van der Waals surface area contributed by atoms with Gasteiger partial charge in [0.25, 0.3) is 5.91 Å². The molecule has 5 rings (SSSR count). The van der Waals surface area contributed by atoms with Gasteiger partial charge in [-0.1, -0.05) is 49.7 Å². The van der Waals surface area contributed by atoms with E-state index in [1.807, 2.05) is 53.1 Å². The molecule has 0 radical (unpaired) electrons. The van der Waals surface area contributed by atoms with Crippen LogP contribution < -0.4 is 9.80 Å². The average molecular weight is 485 g/mol. The molecule has 0 N–H and O–H groups in total. The van der Waals surface area contributed by atoms with E-state index >= 15 is 0 Å². The third-order valence-corrected chi connectivity index (χ3v) is 7.68. The lowest BCUT2D eigenvalue weighted by molar-refractivity contribution is -0.112. The Morgan fingerprint density at radius 2 is 1.57 bits per heavy atom. The first-order valence-electron chi connectivity index (χ1n) is 12.5. The summed E-state index contributed by atoms with van der Waals surface area (Å²) in [4.78, 5) is 26.2. The molecule has 5 nitrogen and oxygen atoms in total. The van der Waals surface area contributed by atoms with Crippen molar-refractivity contribution in [3.05, 3.63) is 84.4 Å².